The van der Waals surface area contributed by atoms with E-state index in [0.717, 1.165) is 24.6 Å². The Morgan fingerprint density at radius 2 is 1.92 bits per heavy atom. The standard InChI is InChI=1S/C17H27Cl2N3OS/c1-13(2)22(17(24)20-8-5-9-21(3)4)10-11-23-14-6-7-15(18)16(19)12-14/h6-7,12-13H,5,8-11H2,1-4H3,(H,20,24). The SMILES string of the molecule is CC(C)N(CCOc1ccc(Cl)c(Cl)c1)C(=S)NCCCN(C)C. The molecule has 136 valence electrons. The third-order valence-electron chi connectivity index (χ3n) is 3.43. The van der Waals surface area contributed by atoms with E-state index in [-0.39, 0.29) is 0 Å². The summed E-state index contributed by atoms with van der Waals surface area (Å²) in [4.78, 5) is 4.29. The summed E-state index contributed by atoms with van der Waals surface area (Å²) in [5.41, 5.74) is 0. The molecule has 0 radical (unpaired) electrons. The second-order valence-electron chi connectivity index (χ2n) is 6.10. The molecule has 1 aromatic rings. The summed E-state index contributed by atoms with van der Waals surface area (Å²) in [6.45, 7) is 7.37. The van der Waals surface area contributed by atoms with Gasteiger partial charge in [0, 0.05) is 18.7 Å². The average molecular weight is 392 g/mol. The molecule has 4 nitrogen and oxygen atoms in total. The number of rotatable bonds is 9. The molecule has 0 aromatic heterocycles. The number of hydrogen-bond acceptors (Lipinski definition) is 3. The fraction of sp³-hybridized carbons (Fsp3) is 0.588. The lowest BCUT2D eigenvalue weighted by molar-refractivity contribution is 0.245. The Morgan fingerprint density at radius 3 is 2.50 bits per heavy atom. The molecule has 0 unspecified atom stereocenters. The zero-order valence-corrected chi connectivity index (χ0v) is 17.1. The quantitative estimate of drug-likeness (QED) is 0.508. The third-order valence-corrected chi connectivity index (χ3v) is 4.55. The second kappa shape index (κ2) is 11.0. The molecule has 0 aliphatic heterocycles. The fourth-order valence-corrected chi connectivity index (χ4v) is 2.81. The molecule has 0 bridgehead atoms. The van der Waals surface area contributed by atoms with Crippen LogP contribution in [0.3, 0.4) is 0 Å². The lowest BCUT2D eigenvalue weighted by atomic mass is 10.3. The molecular weight excluding hydrogens is 365 g/mol. The largest absolute Gasteiger partial charge is 0.492 e. The predicted molar refractivity (Wildman–Crippen MR) is 108 cm³/mol. The Kier molecular flexibility index (Phi) is 9.74. The van der Waals surface area contributed by atoms with E-state index in [1.165, 1.54) is 0 Å². The maximum Gasteiger partial charge on any atom is 0.169 e. The van der Waals surface area contributed by atoms with Gasteiger partial charge >= 0.3 is 0 Å². The minimum absolute atomic E-state index is 0.302. The first-order valence-electron chi connectivity index (χ1n) is 8.08. The van der Waals surface area contributed by atoms with Gasteiger partial charge in [0.15, 0.2) is 5.11 Å². The summed E-state index contributed by atoms with van der Waals surface area (Å²) in [6, 6.07) is 5.57. The first-order chi connectivity index (χ1) is 11.3. The van der Waals surface area contributed by atoms with E-state index in [1.807, 2.05) is 6.07 Å². The molecule has 24 heavy (non-hydrogen) atoms. The third kappa shape index (κ3) is 7.88. The molecule has 7 heteroatoms. The van der Waals surface area contributed by atoms with E-state index in [2.05, 4.69) is 43.1 Å². The fourth-order valence-electron chi connectivity index (χ4n) is 2.11. The molecule has 0 aliphatic rings. The summed E-state index contributed by atoms with van der Waals surface area (Å²) in [5.74, 6) is 0.706. The molecule has 0 amide bonds. The van der Waals surface area contributed by atoms with Gasteiger partial charge in [-0.1, -0.05) is 23.2 Å². The van der Waals surface area contributed by atoms with Gasteiger partial charge in [0.25, 0.3) is 0 Å². The first kappa shape index (κ1) is 21.3. The molecule has 1 rings (SSSR count). The molecule has 0 fully saturated rings. The Hall–Kier alpha value is -0.750. The molecule has 0 atom stereocenters. The van der Waals surface area contributed by atoms with Gasteiger partial charge in [-0.2, -0.15) is 0 Å². The van der Waals surface area contributed by atoms with Gasteiger partial charge in [0.05, 0.1) is 16.6 Å². The van der Waals surface area contributed by atoms with Gasteiger partial charge in [0.2, 0.25) is 0 Å². The van der Waals surface area contributed by atoms with Crippen LogP contribution in [0.15, 0.2) is 18.2 Å². The smallest absolute Gasteiger partial charge is 0.169 e. The van der Waals surface area contributed by atoms with Gasteiger partial charge in [-0.25, -0.2) is 0 Å². The van der Waals surface area contributed by atoms with Crippen molar-refractivity contribution in [2.75, 3.05) is 40.3 Å². The van der Waals surface area contributed by atoms with Crippen LogP contribution < -0.4 is 10.1 Å². The number of nitrogens with zero attached hydrogens (tertiary/aromatic N) is 2. The highest BCUT2D eigenvalue weighted by molar-refractivity contribution is 7.80. The topological polar surface area (TPSA) is 27.7 Å². The van der Waals surface area contributed by atoms with Gasteiger partial charge < -0.3 is 19.9 Å². The summed E-state index contributed by atoms with van der Waals surface area (Å²) in [5, 5.41) is 5.10. The van der Waals surface area contributed by atoms with E-state index in [4.69, 9.17) is 40.2 Å². The van der Waals surface area contributed by atoms with Crippen molar-refractivity contribution in [3.8, 4) is 5.75 Å². The number of benzene rings is 1. The monoisotopic (exact) mass is 391 g/mol. The van der Waals surface area contributed by atoms with Crippen molar-refractivity contribution in [1.29, 1.82) is 0 Å². The lowest BCUT2D eigenvalue weighted by Crippen LogP contribution is -2.46. The van der Waals surface area contributed by atoms with Crippen LogP contribution in [0.2, 0.25) is 10.0 Å². The molecular formula is C17H27Cl2N3OS. The summed E-state index contributed by atoms with van der Waals surface area (Å²) >= 11 is 17.4. The highest BCUT2D eigenvalue weighted by atomic mass is 35.5. The number of thiocarbonyl (C=S) groups is 1. The summed E-state index contributed by atoms with van der Waals surface area (Å²) < 4.78 is 5.75. The van der Waals surface area contributed by atoms with E-state index >= 15 is 0 Å². The minimum atomic E-state index is 0.302. The molecule has 1 aromatic carbocycles. The first-order valence-corrected chi connectivity index (χ1v) is 9.24. The highest BCUT2D eigenvalue weighted by Crippen LogP contribution is 2.26. The van der Waals surface area contributed by atoms with Crippen LogP contribution in [0, 0.1) is 0 Å². The van der Waals surface area contributed by atoms with E-state index < -0.39 is 0 Å². The summed E-state index contributed by atoms with van der Waals surface area (Å²) in [7, 11) is 4.14. The van der Waals surface area contributed by atoms with Crippen LogP contribution in [-0.4, -0.2) is 61.3 Å². The van der Waals surface area contributed by atoms with Crippen LogP contribution in [0.4, 0.5) is 0 Å². The van der Waals surface area contributed by atoms with Crippen LogP contribution in [0.5, 0.6) is 5.75 Å². The van der Waals surface area contributed by atoms with E-state index in [1.54, 1.807) is 12.1 Å². The molecule has 0 saturated heterocycles. The molecule has 0 heterocycles. The van der Waals surface area contributed by atoms with Crippen molar-refractivity contribution >= 4 is 40.5 Å². The van der Waals surface area contributed by atoms with Crippen LogP contribution in [-0.2, 0) is 0 Å². The second-order valence-corrected chi connectivity index (χ2v) is 7.30. The number of hydrogen-bond donors (Lipinski definition) is 1. The van der Waals surface area contributed by atoms with Crippen molar-refractivity contribution in [2.24, 2.45) is 0 Å². The Bertz CT molecular complexity index is 527. The summed E-state index contributed by atoms with van der Waals surface area (Å²) in [6.07, 6.45) is 1.05. The average Bonchev–Trinajstić information content (AvgIpc) is 2.50. The normalized spacial score (nSPS) is 11.0. The van der Waals surface area contributed by atoms with Crippen molar-refractivity contribution < 1.29 is 4.74 Å². The molecule has 0 spiro atoms. The lowest BCUT2D eigenvalue weighted by Gasteiger charge is -2.29. The zero-order valence-electron chi connectivity index (χ0n) is 14.8. The predicted octanol–water partition coefficient (Wildman–Crippen LogP) is 3.91. The van der Waals surface area contributed by atoms with Gasteiger partial charge in [-0.15, -0.1) is 0 Å². The van der Waals surface area contributed by atoms with E-state index in [0.29, 0.717) is 35.0 Å². The molecule has 0 aliphatic carbocycles. The van der Waals surface area contributed by atoms with Crippen molar-refractivity contribution in [3.63, 3.8) is 0 Å². The van der Waals surface area contributed by atoms with Crippen LogP contribution >= 0.6 is 35.4 Å². The number of ether oxygens (including phenoxy) is 1. The van der Waals surface area contributed by atoms with Crippen LogP contribution in [0.1, 0.15) is 20.3 Å². The number of nitrogens with one attached hydrogen (secondary N) is 1. The number of halogens is 2. The van der Waals surface area contributed by atoms with Gasteiger partial charge in [-0.05, 0) is 65.3 Å². The Morgan fingerprint density at radius 1 is 1.21 bits per heavy atom. The highest BCUT2D eigenvalue weighted by Gasteiger charge is 2.13. The Balaban J connectivity index is 2.42. The minimum Gasteiger partial charge on any atom is -0.492 e. The maximum absolute atomic E-state index is 5.99. The zero-order chi connectivity index (χ0) is 18.1. The molecule has 1 N–H and O–H groups in total. The Labute approximate surface area is 161 Å². The maximum atomic E-state index is 5.99. The van der Waals surface area contributed by atoms with Crippen molar-refractivity contribution in [3.05, 3.63) is 28.2 Å². The van der Waals surface area contributed by atoms with E-state index in [9.17, 15) is 0 Å². The van der Waals surface area contributed by atoms with Gasteiger partial charge in [0.1, 0.15) is 12.4 Å². The van der Waals surface area contributed by atoms with Crippen molar-refractivity contribution in [1.82, 2.24) is 15.1 Å². The van der Waals surface area contributed by atoms with Crippen LogP contribution in [0.25, 0.3) is 0 Å². The van der Waals surface area contributed by atoms with Crippen molar-refractivity contribution in [2.45, 2.75) is 26.3 Å². The molecule has 0 saturated carbocycles. The van der Waals surface area contributed by atoms with Gasteiger partial charge in [-0.3, -0.25) is 0 Å².